The summed E-state index contributed by atoms with van der Waals surface area (Å²) in [6.45, 7) is -0.139. The van der Waals surface area contributed by atoms with Gasteiger partial charge in [0.2, 0.25) is 0 Å². The summed E-state index contributed by atoms with van der Waals surface area (Å²) in [4.78, 5) is 18.9. The van der Waals surface area contributed by atoms with Gasteiger partial charge in [-0.2, -0.15) is 4.68 Å². The van der Waals surface area contributed by atoms with Crippen molar-refractivity contribution >= 4 is 22.9 Å². The fourth-order valence-electron chi connectivity index (χ4n) is 2.41. The van der Waals surface area contributed by atoms with Crippen LogP contribution in [0.3, 0.4) is 0 Å². The number of benzene rings is 1. The first-order chi connectivity index (χ1) is 14.7. The van der Waals surface area contributed by atoms with E-state index in [1.165, 1.54) is 31.4 Å². The summed E-state index contributed by atoms with van der Waals surface area (Å²) in [5.41, 5.74) is 4.86. The Morgan fingerprint density at radius 2 is 2.00 bits per heavy atom. The van der Waals surface area contributed by atoms with Crippen molar-refractivity contribution in [2.75, 3.05) is 5.32 Å². The van der Waals surface area contributed by atoms with Crippen LogP contribution < -0.4 is 16.8 Å². The molecule has 0 amide bonds. The van der Waals surface area contributed by atoms with Crippen molar-refractivity contribution in [3.05, 3.63) is 76.2 Å². The number of halogens is 4. The molecule has 162 valence electrons. The highest BCUT2D eigenvalue weighted by Gasteiger charge is 2.15. The van der Waals surface area contributed by atoms with E-state index < -0.39 is 29.5 Å². The Balaban J connectivity index is 1.76. The molecule has 31 heavy (non-hydrogen) atoms. The van der Waals surface area contributed by atoms with Crippen LogP contribution in [0.1, 0.15) is 11.5 Å². The quantitative estimate of drug-likeness (QED) is 0.435. The van der Waals surface area contributed by atoms with Crippen molar-refractivity contribution in [2.45, 2.75) is 13.0 Å². The van der Waals surface area contributed by atoms with Crippen LogP contribution in [-0.2, 0) is 13.6 Å². The van der Waals surface area contributed by atoms with Gasteiger partial charge in [0.25, 0.3) is 12.3 Å². The Bertz CT molecular complexity index is 1160. The summed E-state index contributed by atoms with van der Waals surface area (Å²) in [6, 6.07) is 6.31. The zero-order valence-electron chi connectivity index (χ0n) is 16.0. The van der Waals surface area contributed by atoms with E-state index in [1.54, 1.807) is 0 Å². The summed E-state index contributed by atoms with van der Waals surface area (Å²) in [5, 5.41) is 6.45. The molecule has 0 unspecified atom stereocenters. The van der Waals surface area contributed by atoms with E-state index in [1.807, 2.05) is 0 Å². The van der Waals surface area contributed by atoms with Crippen LogP contribution in [0.2, 0.25) is 0 Å². The van der Waals surface area contributed by atoms with Gasteiger partial charge in [-0.25, -0.2) is 32.3 Å². The van der Waals surface area contributed by atoms with Gasteiger partial charge in [0, 0.05) is 19.2 Å². The van der Waals surface area contributed by atoms with Crippen LogP contribution in [0.4, 0.5) is 29.1 Å². The lowest BCUT2D eigenvalue weighted by Crippen LogP contribution is -2.11. The third-order valence-corrected chi connectivity index (χ3v) is 3.99. The van der Waals surface area contributed by atoms with Crippen molar-refractivity contribution in [3.63, 3.8) is 0 Å². The van der Waals surface area contributed by atoms with Crippen molar-refractivity contribution < 1.29 is 22.0 Å². The standard InChI is InChI=1S/C19H16F4N6O2/c1-29-19(30)31-18(28-29)14(24)7-15(17(22)23)27-16-6-5-10(8-26-16)25-9-11-12(20)3-2-4-13(11)21/h2-8,17,25H,9,24H2,1H3/b14-7-,27-15?. The smallest absolute Gasteiger partial charge is 0.394 e. The van der Waals surface area contributed by atoms with Crippen LogP contribution in [-0.4, -0.2) is 26.9 Å². The molecular weight excluding hydrogens is 420 g/mol. The molecule has 0 bridgehead atoms. The molecule has 0 spiro atoms. The van der Waals surface area contributed by atoms with E-state index >= 15 is 0 Å². The van der Waals surface area contributed by atoms with Gasteiger partial charge in [-0.1, -0.05) is 6.07 Å². The van der Waals surface area contributed by atoms with E-state index in [-0.39, 0.29) is 29.5 Å². The molecule has 0 radical (unpaired) electrons. The van der Waals surface area contributed by atoms with Crippen molar-refractivity contribution in [1.29, 1.82) is 0 Å². The van der Waals surface area contributed by atoms with Crippen LogP contribution >= 0.6 is 0 Å². The lowest BCUT2D eigenvalue weighted by Gasteiger charge is -2.08. The maximum atomic E-state index is 13.7. The molecule has 3 rings (SSSR count). The molecule has 12 heteroatoms. The maximum absolute atomic E-state index is 13.7. The number of nitrogens with two attached hydrogens (primary N) is 1. The van der Waals surface area contributed by atoms with Gasteiger partial charge in [-0.3, -0.25) is 0 Å². The van der Waals surface area contributed by atoms with Gasteiger partial charge in [-0.15, -0.1) is 5.10 Å². The summed E-state index contributed by atoms with van der Waals surface area (Å²) >= 11 is 0. The van der Waals surface area contributed by atoms with Crippen molar-refractivity contribution in [3.8, 4) is 0 Å². The molecule has 0 saturated carbocycles. The molecule has 0 aliphatic carbocycles. The van der Waals surface area contributed by atoms with Gasteiger partial charge in [0.15, 0.2) is 5.82 Å². The molecule has 3 aromatic rings. The zero-order valence-corrected chi connectivity index (χ0v) is 16.0. The second-order valence-electron chi connectivity index (χ2n) is 6.19. The van der Waals surface area contributed by atoms with Gasteiger partial charge < -0.3 is 15.5 Å². The number of pyridine rings is 1. The van der Waals surface area contributed by atoms with E-state index in [0.717, 1.165) is 22.9 Å². The number of hydrogen-bond acceptors (Lipinski definition) is 7. The van der Waals surface area contributed by atoms with Crippen LogP contribution in [0, 0.1) is 11.6 Å². The Morgan fingerprint density at radius 1 is 1.29 bits per heavy atom. The van der Waals surface area contributed by atoms with Crippen LogP contribution in [0.15, 0.2) is 56.8 Å². The number of aromatic nitrogens is 3. The predicted molar refractivity (Wildman–Crippen MR) is 105 cm³/mol. The molecule has 0 aliphatic heterocycles. The first-order valence-electron chi connectivity index (χ1n) is 8.76. The van der Waals surface area contributed by atoms with E-state index in [4.69, 9.17) is 10.2 Å². The minimum Gasteiger partial charge on any atom is -0.394 e. The van der Waals surface area contributed by atoms with Crippen LogP contribution in [0.25, 0.3) is 5.70 Å². The number of allylic oxidation sites excluding steroid dienone is 1. The lowest BCUT2D eigenvalue weighted by atomic mass is 10.2. The maximum Gasteiger partial charge on any atom is 0.437 e. The number of rotatable bonds is 7. The highest BCUT2D eigenvalue weighted by molar-refractivity contribution is 6.03. The number of hydrogen-bond donors (Lipinski definition) is 2. The largest absolute Gasteiger partial charge is 0.437 e. The minimum absolute atomic E-state index is 0.0653. The van der Waals surface area contributed by atoms with E-state index in [2.05, 4.69) is 20.4 Å². The van der Waals surface area contributed by atoms with Gasteiger partial charge >= 0.3 is 5.76 Å². The molecule has 3 N–H and O–H groups in total. The number of aryl methyl sites for hydroxylation is 1. The molecule has 2 heterocycles. The molecular formula is C19H16F4N6O2. The Labute approximate surface area is 172 Å². The second-order valence-corrected chi connectivity index (χ2v) is 6.19. The first-order valence-corrected chi connectivity index (χ1v) is 8.76. The number of nitrogens with zero attached hydrogens (tertiary/aromatic N) is 4. The fraction of sp³-hybridized carbons (Fsp3) is 0.158. The number of aliphatic imine (C=N–C) groups is 1. The molecule has 8 nitrogen and oxygen atoms in total. The van der Waals surface area contributed by atoms with Crippen molar-refractivity contribution in [2.24, 2.45) is 17.8 Å². The molecule has 0 aliphatic rings. The van der Waals surface area contributed by atoms with E-state index in [0.29, 0.717) is 5.69 Å². The zero-order chi connectivity index (χ0) is 22.5. The predicted octanol–water partition coefficient (Wildman–Crippen LogP) is 3.00. The SMILES string of the molecule is Cn1nc(/C(N)=C/C(=Nc2ccc(NCc3c(F)cccc3F)cn2)C(F)F)oc1=O. The molecule has 0 fully saturated rings. The van der Waals surface area contributed by atoms with Gasteiger partial charge in [-0.05, 0) is 30.3 Å². The number of nitrogens with one attached hydrogen (secondary N) is 1. The third-order valence-electron chi connectivity index (χ3n) is 3.99. The summed E-state index contributed by atoms with van der Waals surface area (Å²) in [6.07, 6.45) is -0.909. The number of anilines is 1. The second kappa shape index (κ2) is 9.24. The highest BCUT2D eigenvalue weighted by Crippen LogP contribution is 2.18. The third kappa shape index (κ3) is 5.35. The number of alkyl halides is 2. The van der Waals surface area contributed by atoms with Gasteiger partial charge in [0.05, 0.1) is 17.6 Å². The summed E-state index contributed by atoms with van der Waals surface area (Å²) in [7, 11) is 1.31. The summed E-state index contributed by atoms with van der Waals surface area (Å²) in [5.74, 6) is -2.59. The Morgan fingerprint density at radius 3 is 2.55 bits per heavy atom. The summed E-state index contributed by atoms with van der Waals surface area (Å²) < 4.78 is 59.6. The topological polar surface area (TPSA) is 111 Å². The Kier molecular flexibility index (Phi) is 6.48. The average molecular weight is 436 g/mol. The van der Waals surface area contributed by atoms with Crippen molar-refractivity contribution in [1.82, 2.24) is 14.8 Å². The Hall–Kier alpha value is -3.96. The fourth-order valence-corrected chi connectivity index (χ4v) is 2.41. The minimum atomic E-state index is -3.00. The van der Waals surface area contributed by atoms with Gasteiger partial charge in [0.1, 0.15) is 17.3 Å². The molecule has 1 aromatic carbocycles. The molecule has 0 saturated heterocycles. The molecule has 2 aromatic heterocycles. The normalized spacial score (nSPS) is 12.5. The monoisotopic (exact) mass is 436 g/mol. The lowest BCUT2D eigenvalue weighted by molar-refractivity contribution is 0.227. The molecule has 0 atom stereocenters. The highest BCUT2D eigenvalue weighted by atomic mass is 19.3. The average Bonchev–Trinajstić information content (AvgIpc) is 3.07. The first kappa shape index (κ1) is 21.7. The van der Waals surface area contributed by atoms with E-state index in [9.17, 15) is 22.4 Å². The van der Waals surface area contributed by atoms with Crippen LogP contribution in [0.5, 0.6) is 0 Å².